The fraction of sp³-hybridized carbons (Fsp3) is 0.864. The van der Waals surface area contributed by atoms with Crippen LogP contribution in [0.4, 0.5) is 0 Å². The summed E-state index contributed by atoms with van der Waals surface area (Å²) in [5.41, 5.74) is 0. The highest BCUT2D eigenvalue weighted by Crippen LogP contribution is 2.17. The van der Waals surface area contributed by atoms with E-state index in [0.29, 0.717) is 12.8 Å². The molecule has 0 fully saturated rings. The first-order chi connectivity index (χ1) is 23.6. The predicted molar refractivity (Wildman–Crippen MR) is 209 cm³/mol. The second kappa shape index (κ2) is 39.9. The maximum Gasteiger partial charge on any atom is 0.306 e. The number of unbranched alkanes of at least 4 members (excludes halogenated alkanes) is 27. The van der Waals surface area contributed by atoms with Crippen molar-refractivity contribution < 1.29 is 19.4 Å². The van der Waals surface area contributed by atoms with Crippen LogP contribution in [0.1, 0.15) is 239 Å². The van der Waals surface area contributed by atoms with Crippen molar-refractivity contribution in [3.8, 4) is 0 Å². The van der Waals surface area contributed by atoms with E-state index in [-0.39, 0.29) is 12.1 Å². The van der Waals surface area contributed by atoms with E-state index < -0.39 is 5.97 Å². The van der Waals surface area contributed by atoms with Crippen molar-refractivity contribution in [2.75, 3.05) is 0 Å². The average Bonchev–Trinajstić information content (AvgIpc) is 3.08. The van der Waals surface area contributed by atoms with Gasteiger partial charge in [0, 0.05) is 12.8 Å². The van der Waals surface area contributed by atoms with Crippen LogP contribution < -0.4 is 0 Å². The largest absolute Gasteiger partial charge is 0.481 e. The Bertz CT molecular complexity index is 727. The van der Waals surface area contributed by atoms with Gasteiger partial charge in [0.1, 0.15) is 6.10 Å². The van der Waals surface area contributed by atoms with Crippen molar-refractivity contribution in [2.24, 2.45) is 0 Å². The second-order valence-corrected chi connectivity index (χ2v) is 14.5. The first-order valence-corrected chi connectivity index (χ1v) is 21.3. The number of esters is 1. The summed E-state index contributed by atoms with van der Waals surface area (Å²) in [6, 6.07) is 0. The molecule has 0 saturated heterocycles. The maximum absolute atomic E-state index is 12.3. The first kappa shape index (κ1) is 46.4. The maximum atomic E-state index is 12.3. The van der Waals surface area contributed by atoms with Gasteiger partial charge in [-0.15, -0.1) is 0 Å². The van der Waals surface area contributed by atoms with Crippen molar-refractivity contribution >= 4 is 11.9 Å². The Labute approximate surface area is 299 Å². The van der Waals surface area contributed by atoms with Crippen molar-refractivity contribution in [1.82, 2.24) is 0 Å². The third-order valence-corrected chi connectivity index (χ3v) is 9.75. The van der Waals surface area contributed by atoms with Crippen molar-refractivity contribution in [3.63, 3.8) is 0 Å². The van der Waals surface area contributed by atoms with Gasteiger partial charge < -0.3 is 9.84 Å². The molecule has 282 valence electrons. The minimum absolute atomic E-state index is 0.0203. The van der Waals surface area contributed by atoms with E-state index >= 15 is 0 Å². The number of allylic oxidation sites excluding steroid dienone is 4. The van der Waals surface area contributed by atoms with Gasteiger partial charge in [-0.3, -0.25) is 9.59 Å². The minimum atomic E-state index is -0.663. The van der Waals surface area contributed by atoms with Crippen molar-refractivity contribution in [3.05, 3.63) is 24.3 Å². The molecule has 1 N–H and O–H groups in total. The van der Waals surface area contributed by atoms with Gasteiger partial charge in [0.15, 0.2) is 0 Å². The summed E-state index contributed by atoms with van der Waals surface area (Å²) in [5.74, 6) is -0.643. The zero-order valence-electron chi connectivity index (χ0n) is 32.3. The summed E-state index contributed by atoms with van der Waals surface area (Å²) in [7, 11) is 0. The lowest BCUT2D eigenvalue weighted by Gasteiger charge is -2.16. The van der Waals surface area contributed by atoms with Gasteiger partial charge in [0.2, 0.25) is 0 Å². The van der Waals surface area contributed by atoms with Gasteiger partial charge in [-0.1, -0.05) is 186 Å². The first-order valence-electron chi connectivity index (χ1n) is 21.3. The molecule has 4 heteroatoms. The minimum Gasteiger partial charge on any atom is -0.481 e. The molecule has 0 aromatic heterocycles. The van der Waals surface area contributed by atoms with Crippen molar-refractivity contribution in [1.29, 1.82) is 0 Å². The van der Waals surface area contributed by atoms with E-state index in [4.69, 9.17) is 9.84 Å². The summed E-state index contributed by atoms with van der Waals surface area (Å²) in [6.07, 6.45) is 51.6. The van der Waals surface area contributed by atoms with Crippen LogP contribution in [0.5, 0.6) is 0 Å². The molecule has 1 unspecified atom stereocenters. The Kier molecular flexibility index (Phi) is 38.5. The Hall–Kier alpha value is -1.58. The summed E-state index contributed by atoms with van der Waals surface area (Å²) >= 11 is 0. The van der Waals surface area contributed by atoms with Crippen LogP contribution in [-0.4, -0.2) is 23.1 Å². The van der Waals surface area contributed by atoms with E-state index in [1.54, 1.807) is 0 Å². The molecule has 0 bridgehead atoms. The Morgan fingerprint density at radius 1 is 0.479 bits per heavy atom. The van der Waals surface area contributed by atoms with Gasteiger partial charge in [-0.2, -0.15) is 0 Å². The number of aliphatic carboxylic acids is 1. The summed E-state index contributed by atoms with van der Waals surface area (Å²) in [5, 5.41) is 8.66. The molecular weight excluding hydrogens is 592 g/mol. The molecule has 0 rings (SSSR count). The molecule has 0 aromatic rings. The molecule has 0 aromatic carbocycles. The lowest BCUT2D eigenvalue weighted by molar-refractivity contribution is -0.149. The number of hydrogen-bond donors (Lipinski definition) is 1. The molecule has 0 heterocycles. The van der Waals surface area contributed by atoms with Gasteiger partial charge in [-0.05, 0) is 64.2 Å². The number of carbonyl (C=O) groups excluding carboxylic acids is 1. The summed E-state index contributed by atoms with van der Waals surface area (Å²) in [4.78, 5) is 22.9. The smallest absolute Gasteiger partial charge is 0.306 e. The Balaban J connectivity index is 3.41. The van der Waals surface area contributed by atoms with Crippen LogP contribution >= 0.6 is 0 Å². The quantitative estimate of drug-likeness (QED) is 0.0400. The van der Waals surface area contributed by atoms with E-state index in [1.165, 1.54) is 167 Å². The number of ether oxygens (including phenoxy) is 1. The van der Waals surface area contributed by atoms with Crippen molar-refractivity contribution in [2.45, 2.75) is 245 Å². The molecule has 0 aliphatic heterocycles. The molecule has 0 radical (unpaired) electrons. The van der Waals surface area contributed by atoms with Gasteiger partial charge in [0.25, 0.3) is 0 Å². The fourth-order valence-corrected chi connectivity index (χ4v) is 6.50. The van der Waals surface area contributed by atoms with Gasteiger partial charge in [0.05, 0.1) is 0 Å². The fourth-order valence-electron chi connectivity index (χ4n) is 6.50. The number of hydrogen-bond acceptors (Lipinski definition) is 3. The number of carboxylic acids is 1. The van der Waals surface area contributed by atoms with Gasteiger partial charge >= 0.3 is 11.9 Å². The lowest BCUT2D eigenvalue weighted by Crippen LogP contribution is -2.17. The highest BCUT2D eigenvalue weighted by atomic mass is 16.5. The second-order valence-electron chi connectivity index (χ2n) is 14.5. The van der Waals surface area contributed by atoms with Crippen LogP contribution in [0.3, 0.4) is 0 Å². The van der Waals surface area contributed by atoms with E-state index in [9.17, 15) is 9.59 Å². The standard InChI is InChI=1S/C44H82O4/c1-3-5-6-7-8-9-10-11-12-13-14-15-20-23-26-29-32-35-38-41-44(47)48-42(4-2)39-36-33-30-27-24-21-18-16-17-19-22-25-28-31-34-37-40-43(45)46/h8-9,11-12,42H,3-7,10,13-41H2,1-2H3,(H,45,46)/b9-8-,12-11-. The molecular formula is C44H82O4. The van der Waals surface area contributed by atoms with Crippen LogP contribution in [-0.2, 0) is 14.3 Å². The molecule has 48 heavy (non-hydrogen) atoms. The molecule has 0 saturated carbocycles. The monoisotopic (exact) mass is 675 g/mol. The van der Waals surface area contributed by atoms with Crippen LogP contribution in [0.25, 0.3) is 0 Å². The summed E-state index contributed by atoms with van der Waals surface area (Å²) < 4.78 is 5.81. The lowest BCUT2D eigenvalue weighted by atomic mass is 10.0. The Morgan fingerprint density at radius 3 is 1.27 bits per heavy atom. The SMILES string of the molecule is CCCCC/C=C\C/C=C\CCCCCCCCCCCC(=O)OC(CC)CCCCCCCCCCCCCCCCCCC(=O)O. The highest BCUT2D eigenvalue weighted by molar-refractivity contribution is 5.69. The topological polar surface area (TPSA) is 63.6 Å². The summed E-state index contributed by atoms with van der Waals surface area (Å²) in [6.45, 7) is 4.41. The Morgan fingerprint density at radius 2 is 0.854 bits per heavy atom. The molecule has 0 spiro atoms. The predicted octanol–water partition coefficient (Wildman–Crippen LogP) is 14.8. The average molecular weight is 675 g/mol. The third-order valence-electron chi connectivity index (χ3n) is 9.75. The third kappa shape index (κ3) is 38.9. The number of carbonyl (C=O) groups is 2. The van der Waals surface area contributed by atoms with E-state index in [1.807, 2.05) is 0 Å². The van der Waals surface area contributed by atoms with Gasteiger partial charge in [-0.25, -0.2) is 0 Å². The van der Waals surface area contributed by atoms with Crippen LogP contribution in [0.15, 0.2) is 24.3 Å². The number of carboxylic acid groups (broad SMARTS) is 1. The molecule has 0 aliphatic carbocycles. The normalized spacial score (nSPS) is 12.4. The van der Waals surface area contributed by atoms with Crippen LogP contribution in [0.2, 0.25) is 0 Å². The highest BCUT2D eigenvalue weighted by Gasteiger charge is 2.12. The van der Waals surface area contributed by atoms with E-state index in [0.717, 1.165) is 44.9 Å². The molecule has 4 nitrogen and oxygen atoms in total. The zero-order chi connectivity index (χ0) is 35.0. The zero-order valence-corrected chi connectivity index (χ0v) is 32.3. The van der Waals surface area contributed by atoms with E-state index in [2.05, 4.69) is 38.2 Å². The molecule has 0 aliphatic rings. The van der Waals surface area contributed by atoms with Crippen LogP contribution in [0, 0.1) is 0 Å². The molecule has 0 amide bonds. The number of rotatable bonds is 39. The molecule has 1 atom stereocenters.